The number of ether oxygens (including phenoxy) is 1. The van der Waals surface area contributed by atoms with Gasteiger partial charge in [0.15, 0.2) is 4.80 Å². The van der Waals surface area contributed by atoms with Crippen molar-refractivity contribution in [1.29, 1.82) is 0 Å². The molecule has 0 aliphatic heterocycles. The highest BCUT2D eigenvalue weighted by Crippen LogP contribution is 2.23. The molecule has 2 heterocycles. The van der Waals surface area contributed by atoms with E-state index in [0.29, 0.717) is 15.4 Å². The van der Waals surface area contributed by atoms with Crippen molar-refractivity contribution in [1.82, 2.24) is 9.55 Å². The SMILES string of the molecule is COC(=O)Cn1c(=NC(=O)c2ccc3ncsc3c2)sc2cc(Cl)ccc21. The minimum atomic E-state index is -0.426. The molecule has 0 radical (unpaired) electrons. The van der Waals surface area contributed by atoms with E-state index in [9.17, 15) is 9.59 Å². The van der Waals surface area contributed by atoms with E-state index in [1.807, 2.05) is 0 Å². The van der Waals surface area contributed by atoms with Crippen molar-refractivity contribution in [2.75, 3.05) is 7.11 Å². The lowest BCUT2D eigenvalue weighted by Gasteiger charge is -2.03. The molecule has 0 bridgehead atoms. The number of methoxy groups -OCH3 is 1. The quantitative estimate of drug-likeness (QED) is 0.474. The highest BCUT2D eigenvalue weighted by Gasteiger charge is 2.13. The van der Waals surface area contributed by atoms with E-state index >= 15 is 0 Å². The summed E-state index contributed by atoms with van der Waals surface area (Å²) in [6, 6.07) is 10.6. The van der Waals surface area contributed by atoms with Crippen molar-refractivity contribution in [3.8, 4) is 0 Å². The van der Waals surface area contributed by atoms with Crippen molar-refractivity contribution >= 4 is 66.6 Å². The number of aromatic nitrogens is 2. The lowest BCUT2D eigenvalue weighted by Crippen LogP contribution is -2.22. The van der Waals surface area contributed by atoms with Crippen LogP contribution in [0, 0.1) is 0 Å². The molecule has 4 rings (SSSR count). The standard InChI is InChI=1S/C18H12ClN3O3S2/c1-25-16(23)8-22-13-5-3-11(19)7-15(13)27-18(22)21-17(24)10-2-4-12-14(6-10)26-9-20-12/h2-7,9H,8H2,1H3. The number of rotatable bonds is 3. The first kappa shape index (κ1) is 17.8. The lowest BCUT2D eigenvalue weighted by atomic mass is 10.2. The van der Waals surface area contributed by atoms with Gasteiger partial charge in [0.2, 0.25) is 0 Å². The molecule has 0 atom stereocenters. The fourth-order valence-electron chi connectivity index (χ4n) is 2.62. The van der Waals surface area contributed by atoms with Crippen molar-refractivity contribution in [2.24, 2.45) is 4.99 Å². The van der Waals surface area contributed by atoms with Crippen LogP contribution in [-0.2, 0) is 16.1 Å². The van der Waals surface area contributed by atoms with Gasteiger partial charge >= 0.3 is 5.97 Å². The summed E-state index contributed by atoms with van der Waals surface area (Å²) in [4.78, 5) is 33.4. The second kappa shape index (κ2) is 7.22. The molecule has 0 aliphatic rings. The first-order valence-corrected chi connectivity index (χ1v) is 9.90. The van der Waals surface area contributed by atoms with Crippen LogP contribution in [0.2, 0.25) is 5.02 Å². The van der Waals surface area contributed by atoms with E-state index < -0.39 is 5.97 Å². The molecule has 2 aromatic carbocycles. The van der Waals surface area contributed by atoms with Gasteiger partial charge in [0, 0.05) is 10.6 Å². The molecule has 0 saturated heterocycles. The Morgan fingerprint density at radius 3 is 2.89 bits per heavy atom. The Bertz CT molecular complexity index is 1260. The summed E-state index contributed by atoms with van der Waals surface area (Å²) in [7, 11) is 1.32. The fourth-order valence-corrected chi connectivity index (χ4v) is 4.64. The zero-order valence-electron chi connectivity index (χ0n) is 14.0. The molecule has 0 spiro atoms. The number of hydrogen-bond acceptors (Lipinski definition) is 6. The fraction of sp³-hybridized carbons (Fsp3) is 0.111. The Balaban J connectivity index is 1.84. The highest BCUT2D eigenvalue weighted by atomic mass is 35.5. The molecule has 0 N–H and O–H groups in total. The Morgan fingerprint density at radius 2 is 2.07 bits per heavy atom. The van der Waals surface area contributed by atoms with Crippen LogP contribution in [0.3, 0.4) is 0 Å². The van der Waals surface area contributed by atoms with Crippen LogP contribution in [0.15, 0.2) is 46.9 Å². The maximum Gasteiger partial charge on any atom is 0.325 e. The zero-order chi connectivity index (χ0) is 19.0. The molecule has 0 aliphatic carbocycles. The van der Waals surface area contributed by atoms with Crippen molar-refractivity contribution in [3.63, 3.8) is 0 Å². The van der Waals surface area contributed by atoms with E-state index in [0.717, 1.165) is 20.4 Å². The number of esters is 1. The first-order chi connectivity index (χ1) is 13.0. The smallest absolute Gasteiger partial charge is 0.325 e. The van der Waals surface area contributed by atoms with Gasteiger partial charge in [-0.3, -0.25) is 9.59 Å². The molecule has 136 valence electrons. The molecule has 4 aromatic rings. The Hall–Kier alpha value is -2.55. The van der Waals surface area contributed by atoms with Gasteiger partial charge in [-0.25, -0.2) is 4.98 Å². The third-order valence-corrected chi connectivity index (χ3v) is 6.00. The summed E-state index contributed by atoms with van der Waals surface area (Å²) in [5, 5.41) is 0.572. The lowest BCUT2D eigenvalue weighted by molar-refractivity contribution is -0.141. The van der Waals surface area contributed by atoms with E-state index in [4.69, 9.17) is 16.3 Å². The number of thiazole rings is 2. The predicted molar refractivity (Wildman–Crippen MR) is 106 cm³/mol. The van der Waals surface area contributed by atoms with Gasteiger partial charge in [0.05, 0.1) is 33.1 Å². The third kappa shape index (κ3) is 3.51. The highest BCUT2D eigenvalue weighted by molar-refractivity contribution is 7.17. The maximum atomic E-state index is 12.7. The number of amides is 1. The summed E-state index contributed by atoms with van der Waals surface area (Å²) < 4.78 is 8.17. The summed E-state index contributed by atoms with van der Waals surface area (Å²) in [5.41, 5.74) is 3.80. The number of fused-ring (bicyclic) bond motifs is 2. The van der Waals surface area contributed by atoms with Gasteiger partial charge in [0.25, 0.3) is 5.91 Å². The number of hydrogen-bond donors (Lipinski definition) is 0. The molecule has 0 unspecified atom stereocenters. The van der Waals surface area contributed by atoms with Crippen LogP contribution in [0.25, 0.3) is 20.4 Å². The minimum absolute atomic E-state index is 0.0435. The average Bonchev–Trinajstić information content (AvgIpc) is 3.25. The van der Waals surface area contributed by atoms with E-state index in [1.54, 1.807) is 46.5 Å². The molecule has 0 fully saturated rings. The number of nitrogens with zero attached hydrogens (tertiary/aromatic N) is 3. The molecule has 0 saturated carbocycles. The zero-order valence-corrected chi connectivity index (χ0v) is 16.4. The van der Waals surface area contributed by atoms with Gasteiger partial charge in [-0.2, -0.15) is 4.99 Å². The molecule has 1 amide bonds. The van der Waals surface area contributed by atoms with Crippen LogP contribution < -0.4 is 4.80 Å². The van der Waals surface area contributed by atoms with Crippen molar-refractivity contribution in [3.05, 3.63) is 57.3 Å². The third-order valence-electron chi connectivity index (χ3n) is 3.94. The summed E-state index contributed by atoms with van der Waals surface area (Å²) >= 11 is 8.82. The Labute approximate surface area is 166 Å². The van der Waals surface area contributed by atoms with E-state index in [1.165, 1.54) is 29.8 Å². The number of halogens is 1. The molecular weight excluding hydrogens is 406 g/mol. The normalized spacial score (nSPS) is 12.0. The predicted octanol–water partition coefficient (Wildman–Crippen LogP) is 3.88. The van der Waals surface area contributed by atoms with Gasteiger partial charge in [-0.05, 0) is 36.4 Å². The number of carbonyl (C=O) groups excluding carboxylic acids is 2. The summed E-state index contributed by atoms with van der Waals surface area (Å²) in [6.45, 7) is -0.0435. The number of benzene rings is 2. The van der Waals surface area contributed by atoms with Gasteiger partial charge < -0.3 is 9.30 Å². The van der Waals surface area contributed by atoms with Gasteiger partial charge in [-0.15, -0.1) is 11.3 Å². The van der Waals surface area contributed by atoms with Crippen LogP contribution in [0.1, 0.15) is 10.4 Å². The topological polar surface area (TPSA) is 73.6 Å². The molecule has 2 aromatic heterocycles. The summed E-state index contributed by atoms with van der Waals surface area (Å²) in [5.74, 6) is -0.814. The van der Waals surface area contributed by atoms with Crippen LogP contribution in [0.5, 0.6) is 0 Å². The summed E-state index contributed by atoms with van der Waals surface area (Å²) in [6.07, 6.45) is 0. The van der Waals surface area contributed by atoms with Crippen molar-refractivity contribution < 1.29 is 14.3 Å². The second-order valence-electron chi connectivity index (χ2n) is 5.61. The number of carbonyl (C=O) groups is 2. The van der Waals surface area contributed by atoms with Crippen LogP contribution >= 0.6 is 34.3 Å². The monoisotopic (exact) mass is 417 g/mol. The van der Waals surface area contributed by atoms with Gasteiger partial charge in [-0.1, -0.05) is 22.9 Å². The largest absolute Gasteiger partial charge is 0.468 e. The molecule has 9 heteroatoms. The van der Waals surface area contributed by atoms with Crippen LogP contribution in [-0.4, -0.2) is 28.5 Å². The Kier molecular flexibility index (Phi) is 4.77. The molecule has 6 nitrogen and oxygen atoms in total. The average molecular weight is 418 g/mol. The van der Waals surface area contributed by atoms with Gasteiger partial charge in [0.1, 0.15) is 6.54 Å². The molecular formula is C18H12ClN3O3S2. The van der Waals surface area contributed by atoms with Crippen molar-refractivity contribution in [2.45, 2.75) is 6.54 Å². The second-order valence-corrected chi connectivity index (χ2v) is 7.94. The maximum absolute atomic E-state index is 12.7. The van der Waals surface area contributed by atoms with Crippen LogP contribution in [0.4, 0.5) is 0 Å². The van der Waals surface area contributed by atoms with E-state index in [2.05, 4.69) is 9.98 Å². The first-order valence-electron chi connectivity index (χ1n) is 7.83. The molecule has 27 heavy (non-hydrogen) atoms. The Morgan fingerprint density at radius 1 is 1.22 bits per heavy atom. The van der Waals surface area contributed by atoms with E-state index in [-0.39, 0.29) is 12.5 Å². The minimum Gasteiger partial charge on any atom is -0.468 e.